The normalized spacial score (nSPS) is 18.0. The number of anilines is 1. The fourth-order valence-electron chi connectivity index (χ4n) is 3.03. The summed E-state index contributed by atoms with van der Waals surface area (Å²) >= 11 is 3.56. The maximum Gasteiger partial charge on any atom is 0.185 e. The van der Waals surface area contributed by atoms with Gasteiger partial charge < -0.3 is 4.90 Å². The molecule has 0 unspecified atom stereocenters. The molecule has 2 aromatic carbocycles. The molecule has 0 atom stereocenters. The molecule has 1 fully saturated rings. The smallest absolute Gasteiger partial charge is 0.185 e. The van der Waals surface area contributed by atoms with Gasteiger partial charge >= 0.3 is 0 Å². The maximum absolute atomic E-state index is 12.9. The zero-order valence-electron chi connectivity index (χ0n) is 14.6. The number of ketones is 1. The lowest BCUT2D eigenvalue weighted by molar-refractivity contribution is -0.112. The molecule has 1 aliphatic rings. The molecule has 2 aromatic rings. The summed E-state index contributed by atoms with van der Waals surface area (Å²) in [5.74, 6) is 0.179. The summed E-state index contributed by atoms with van der Waals surface area (Å²) < 4.78 is 1.02. The van der Waals surface area contributed by atoms with Crippen LogP contribution in [0.15, 0.2) is 64.1 Å². The molecule has 0 bridgehead atoms. The average molecular weight is 396 g/mol. The molecule has 0 aliphatic heterocycles. The summed E-state index contributed by atoms with van der Waals surface area (Å²) in [6.45, 7) is 0. The van der Waals surface area contributed by atoms with Crippen LogP contribution in [0.5, 0.6) is 0 Å². The number of halogens is 1. The predicted molar refractivity (Wildman–Crippen MR) is 110 cm³/mol. The van der Waals surface area contributed by atoms with E-state index in [9.17, 15) is 4.79 Å². The number of hydrogen-bond donors (Lipinski definition) is 0. The summed E-state index contributed by atoms with van der Waals surface area (Å²) in [5.41, 5.74) is 5.10. The molecule has 128 valence electrons. The van der Waals surface area contributed by atoms with Crippen LogP contribution in [0.1, 0.15) is 30.4 Å². The van der Waals surface area contributed by atoms with Crippen molar-refractivity contribution in [1.29, 1.82) is 0 Å². The quantitative estimate of drug-likeness (QED) is 0.617. The van der Waals surface area contributed by atoms with Crippen LogP contribution in [-0.2, 0) is 4.79 Å². The van der Waals surface area contributed by atoms with E-state index in [4.69, 9.17) is 0 Å². The Morgan fingerprint density at radius 3 is 2.20 bits per heavy atom. The number of hydrogen-bond acceptors (Lipinski definition) is 2. The van der Waals surface area contributed by atoms with E-state index >= 15 is 0 Å². The lowest BCUT2D eigenvalue weighted by Gasteiger charge is -2.17. The van der Waals surface area contributed by atoms with Gasteiger partial charge in [-0.1, -0.05) is 46.3 Å². The molecule has 0 saturated heterocycles. The Balaban J connectivity index is 1.86. The highest BCUT2D eigenvalue weighted by Gasteiger charge is 2.20. The van der Waals surface area contributed by atoms with Gasteiger partial charge in [-0.15, -0.1) is 0 Å². The monoisotopic (exact) mass is 395 g/mol. The minimum absolute atomic E-state index is 0.179. The van der Waals surface area contributed by atoms with Crippen molar-refractivity contribution >= 4 is 39.6 Å². The van der Waals surface area contributed by atoms with Gasteiger partial charge in [0.25, 0.3) is 0 Å². The molecule has 2 nitrogen and oxygen atoms in total. The van der Waals surface area contributed by atoms with Crippen molar-refractivity contribution in [2.24, 2.45) is 0 Å². The molecular weight excluding hydrogens is 374 g/mol. The minimum atomic E-state index is 0.179. The summed E-state index contributed by atoms with van der Waals surface area (Å²) in [7, 11) is 4.05. The van der Waals surface area contributed by atoms with Gasteiger partial charge in [0.15, 0.2) is 5.78 Å². The number of Topliss-reactive ketones (excluding diaryl/α,β-unsaturated/α-hetero) is 1. The minimum Gasteiger partial charge on any atom is -0.378 e. The zero-order chi connectivity index (χ0) is 17.8. The first-order valence-corrected chi connectivity index (χ1v) is 9.31. The first-order chi connectivity index (χ1) is 12.0. The van der Waals surface area contributed by atoms with Crippen molar-refractivity contribution < 1.29 is 4.79 Å². The second kappa shape index (κ2) is 7.83. The summed E-state index contributed by atoms with van der Waals surface area (Å²) in [6.07, 6.45) is 6.77. The zero-order valence-corrected chi connectivity index (χ0v) is 16.2. The molecule has 3 heteroatoms. The molecule has 0 spiro atoms. The highest BCUT2D eigenvalue weighted by molar-refractivity contribution is 9.10. The largest absolute Gasteiger partial charge is 0.378 e. The number of allylic oxidation sites excluding steroid dienone is 2. The molecule has 1 saturated carbocycles. The van der Waals surface area contributed by atoms with E-state index in [1.54, 1.807) is 0 Å². The van der Waals surface area contributed by atoms with Crippen molar-refractivity contribution in [2.45, 2.75) is 19.3 Å². The lowest BCUT2D eigenvalue weighted by Crippen LogP contribution is -2.12. The molecule has 0 N–H and O–H groups in total. The molecule has 3 rings (SSSR count). The van der Waals surface area contributed by atoms with Crippen LogP contribution >= 0.6 is 15.9 Å². The van der Waals surface area contributed by atoms with E-state index in [0.29, 0.717) is 0 Å². The molecule has 1 aliphatic carbocycles. The van der Waals surface area contributed by atoms with Gasteiger partial charge in [-0.05, 0) is 60.7 Å². The first-order valence-electron chi connectivity index (χ1n) is 8.52. The van der Waals surface area contributed by atoms with Crippen molar-refractivity contribution in [3.05, 3.63) is 75.3 Å². The average Bonchev–Trinajstić information content (AvgIpc) is 2.61. The summed E-state index contributed by atoms with van der Waals surface area (Å²) in [6, 6.07) is 16.3. The van der Waals surface area contributed by atoms with E-state index < -0.39 is 0 Å². The predicted octanol–water partition coefficient (Wildman–Crippen LogP) is 5.74. The fourth-order valence-corrected chi connectivity index (χ4v) is 3.43. The van der Waals surface area contributed by atoms with Crippen molar-refractivity contribution in [3.63, 3.8) is 0 Å². The molecular formula is C22H22BrNO. The van der Waals surface area contributed by atoms with Gasteiger partial charge in [-0.25, -0.2) is 0 Å². The standard InChI is InChI=1S/C22H22BrNO/c1-24(2)20-12-10-16(11-13-20)14-18-7-5-8-19(22(18)25)15-17-6-3-4-9-21(17)23/h3-4,6,9-15H,5,7-8H2,1-2H3. The van der Waals surface area contributed by atoms with Gasteiger partial charge in [0.2, 0.25) is 0 Å². The molecule has 0 heterocycles. The Morgan fingerprint density at radius 1 is 0.920 bits per heavy atom. The summed E-state index contributed by atoms with van der Waals surface area (Å²) in [5, 5.41) is 0. The number of carbonyl (C=O) groups excluding carboxylic acids is 1. The van der Waals surface area contributed by atoms with E-state index in [0.717, 1.165) is 51.7 Å². The Kier molecular flexibility index (Phi) is 5.54. The topological polar surface area (TPSA) is 20.3 Å². The fraction of sp³-hybridized carbons (Fsp3) is 0.227. The number of rotatable bonds is 3. The molecule has 0 amide bonds. The van der Waals surface area contributed by atoms with Crippen LogP contribution in [0.25, 0.3) is 12.2 Å². The van der Waals surface area contributed by atoms with E-state index in [1.165, 1.54) is 0 Å². The van der Waals surface area contributed by atoms with Gasteiger partial charge in [-0.2, -0.15) is 0 Å². The molecule has 0 aromatic heterocycles. The van der Waals surface area contributed by atoms with E-state index in [1.807, 2.05) is 50.5 Å². The van der Waals surface area contributed by atoms with Crippen molar-refractivity contribution in [2.75, 3.05) is 19.0 Å². The second-order valence-corrected chi connectivity index (χ2v) is 7.38. The van der Waals surface area contributed by atoms with Crippen LogP contribution in [0, 0.1) is 0 Å². The highest BCUT2D eigenvalue weighted by atomic mass is 79.9. The number of nitrogens with zero attached hydrogens (tertiary/aromatic N) is 1. The van der Waals surface area contributed by atoms with Crippen molar-refractivity contribution in [1.82, 2.24) is 0 Å². The highest BCUT2D eigenvalue weighted by Crippen LogP contribution is 2.29. The molecule has 0 radical (unpaired) electrons. The summed E-state index contributed by atoms with van der Waals surface area (Å²) in [4.78, 5) is 14.9. The first kappa shape index (κ1) is 17.7. The van der Waals surface area contributed by atoms with Gasteiger partial charge in [0.05, 0.1) is 0 Å². The van der Waals surface area contributed by atoms with E-state index in [2.05, 4.69) is 45.1 Å². The van der Waals surface area contributed by atoms with Crippen molar-refractivity contribution in [3.8, 4) is 0 Å². The maximum atomic E-state index is 12.9. The third-order valence-electron chi connectivity index (χ3n) is 4.46. The lowest BCUT2D eigenvalue weighted by atomic mass is 9.87. The Morgan fingerprint density at radius 2 is 1.56 bits per heavy atom. The van der Waals surface area contributed by atoms with Crippen LogP contribution in [0.2, 0.25) is 0 Å². The van der Waals surface area contributed by atoms with Gasteiger partial charge in [0.1, 0.15) is 0 Å². The van der Waals surface area contributed by atoms with Gasteiger partial charge in [0, 0.05) is 35.4 Å². The SMILES string of the molecule is CN(C)c1ccc(C=C2CCCC(=Cc3ccccc3Br)C2=O)cc1. The molecule has 25 heavy (non-hydrogen) atoms. The van der Waals surface area contributed by atoms with Crippen LogP contribution in [-0.4, -0.2) is 19.9 Å². The number of benzene rings is 2. The Bertz CT molecular complexity index is 831. The third kappa shape index (κ3) is 4.29. The van der Waals surface area contributed by atoms with E-state index in [-0.39, 0.29) is 5.78 Å². The second-order valence-electron chi connectivity index (χ2n) is 6.53. The Hall–Kier alpha value is -2.13. The van der Waals surface area contributed by atoms with Crippen LogP contribution in [0.4, 0.5) is 5.69 Å². The van der Waals surface area contributed by atoms with Crippen LogP contribution in [0.3, 0.4) is 0 Å². The van der Waals surface area contributed by atoms with Crippen LogP contribution < -0.4 is 4.90 Å². The third-order valence-corrected chi connectivity index (χ3v) is 5.18. The Labute approximate surface area is 158 Å². The number of carbonyl (C=O) groups is 1. The van der Waals surface area contributed by atoms with Gasteiger partial charge in [-0.3, -0.25) is 4.79 Å².